The summed E-state index contributed by atoms with van der Waals surface area (Å²) in [6.45, 7) is 0.0820. The van der Waals surface area contributed by atoms with Gasteiger partial charge >= 0.3 is 5.97 Å². The van der Waals surface area contributed by atoms with Crippen molar-refractivity contribution in [3.8, 4) is 17.2 Å². The van der Waals surface area contributed by atoms with Gasteiger partial charge in [-0.05, 0) is 35.4 Å². The summed E-state index contributed by atoms with van der Waals surface area (Å²) in [5, 5.41) is 12.4. The average Bonchev–Trinajstić information content (AvgIpc) is 3.68. The third-order valence-electron chi connectivity index (χ3n) is 7.63. The quantitative estimate of drug-likeness (QED) is 0.204. The molecule has 0 aliphatic heterocycles. The van der Waals surface area contributed by atoms with E-state index in [0.29, 0.717) is 33.8 Å². The van der Waals surface area contributed by atoms with Crippen LogP contribution in [0, 0.1) is 0 Å². The lowest BCUT2D eigenvalue weighted by Crippen LogP contribution is -2.25. The minimum absolute atomic E-state index is 0.0820. The van der Waals surface area contributed by atoms with Gasteiger partial charge in [0.1, 0.15) is 10.3 Å². The van der Waals surface area contributed by atoms with Crippen LogP contribution < -0.4 is 15.0 Å². The number of hydrogen-bond acceptors (Lipinski definition) is 8. The summed E-state index contributed by atoms with van der Waals surface area (Å²) in [6, 6.07) is 22.3. The number of aromatic hydroxyl groups is 1. The number of aromatic nitrogens is 3. The number of para-hydroxylation sites is 1. The van der Waals surface area contributed by atoms with Gasteiger partial charge in [-0.1, -0.05) is 48.5 Å². The van der Waals surface area contributed by atoms with E-state index >= 15 is 0 Å². The Hall–Kier alpha value is -5.09. The summed E-state index contributed by atoms with van der Waals surface area (Å²) in [5.41, 5.74) is 5.54. The number of esters is 1. The molecule has 43 heavy (non-hydrogen) atoms. The van der Waals surface area contributed by atoms with Crippen LogP contribution in [0.1, 0.15) is 38.7 Å². The van der Waals surface area contributed by atoms with Crippen LogP contribution in [0.4, 0.5) is 0 Å². The fourth-order valence-electron chi connectivity index (χ4n) is 5.55. The number of nitrogens with zero attached hydrogens (tertiary/aromatic N) is 2. The Morgan fingerprint density at radius 2 is 1.77 bits per heavy atom. The van der Waals surface area contributed by atoms with Gasteiger partial charge in [0, 0.05) is 30.1 Å². The molecule has 0 saturated carbocycles. The van der Waals surface area contributed by atoms with Crippen molar-refractivity contribution in [1.82, 2.24) is 14.5 Å². The SMILES string of the molecule is COc1ccc(C(=O)OCCc2c(C(c3ccccc3)c3c(O)c4ncsc4n(C)c3=O)[nH]c3ccccc23)cc1OC. The number of aromatic amines is 1. The van der Waals surface area contributed by atoms with E-state index < -0.39 is 11.9 Å². The smallest absolute Gasteiger partial charge is 0.338 e. The topological polar surface area (TPSA) is 116 Å². The van der Waals surface area contributed by atoms with E-state index in [4.69, 9.17) is 14.2 Å². The molecule has 0 bridgehead atoms. The predicted octanol–water partition coefficient (Wildman–Crippen LogP) is 5.78. The Labute approximate surface area is 250 Å². The third kappa shape index (κ3) is 4.99. The minimum atomic E-state index is -0.644. The lowest BCUT2D eigenvalue weighted by molar-refractivity contribution is 0.0509. The number of hydrogen-bond donors (Lipinski definition) is 2. The summed E-state index contributed by atoms with van der Waals surface area (Å²) in [6.07, 6.45) is 0.363. The van der Waals surface area contributed by atoms with Crippen LogP contribution in [-0.2, 0) is 18.2 Å². The Morgan fingerprint density at radius 1 is 1.02 bits per heavy atom. The zero-order valence-electron chi connectivity index (χ0n) is 23.8. The van der Waals surface area contributed by atoms with Gasteiger partial charge in [-0.15, -0.1) is 11.3 Å². The van der Waals surface area contributed by atoms with Crippen LogP contribution in [0.15, 0.2) is 83.1 Å². The molecule has 6 aromatic rings. The zero-order chi connectivity index (χ0) is 30.1. The van der Waals surface area contributed by atoms with E-state index in [0.717, 1.165) is 27.7 Å². The summed E-state index contributed by atoms with van der Waals surface area (Å²) >= 11 is 1.30. The number of carbonyl (C=O) groups is 1. The molecule has 9 nitrogen and oxygen atoms in total. The molecule has 3 aromatic carbocycles. The fraction of sp³-hybridized carbons (Fsp3) is 0.182. The fourth-order valence-corrected chi connectivity index (χ4v) is 6.31. The van der Waals surface area contributed by atoms with Crippen molar-refractivity contribution in [3.05, 3.63) is 117 Å². The van der Waals surface area contributed by atoms with Gasteiger partial charge in [-0.2, -0.15) is 0 Å². The standard InChI is InChI=1S/C33H29N3O6S/c1-36-31(38)27(30(37)29-32(36)43-18-34-29)26(19-9-5-4-6-10-19)28-22(21-11-7-8-12-23(21)35-28)15-16-42-33(39)20-13-14-24(40-2)25(17-20)41-3/h4-14,17-18,26,35,37H,15-16H2,1-3H3. The second kappa shape index (κ2) is 11.7. The van der Waals surface area contributed by atoms with Gasteiger partial charge in [-0.3, -0.25) is 4.79 Å². The van der Waals surface area contributed by atoms with Crippen LogP contribution in [0.25, 0.3) is 21.3 Å². The van der Waals surface area contributed by atoms with E-state index in [-0.39, 0.29) is 23.5 Å². The van der Waals surface area contributed by atoms with Crippen molar-refractivity contribution in [2.24, 2.45) is 7.05 Å². The highest BCUT2D eigenvalue weighted by Gasteiger charge is 2.31. The highest BCUT2D eigenvalue weighted by Crippen LogP contribution is 2.41. The molecule has 0 aliphatic carbocycles. The number of benzene rings is 3. The summed E-state index contributed by atoms with van der Waals surface area (Å²) < 4.78 is 17.8. The van der Waals surface area contributed by atoms with Crippen molar-refractivity contribution in [2.45, 2.75) is 12.3 Å². The summed E-state index contributed by atoms with van der Waals surface area (Å²) in [7, 11) is 4.72. The third-order valence-corrected chi connectivity index (χ3v) is 8.53. The molecule has 1 atom stereocenters. The van der Waals surface area contributed by atoms with Gasteiger partial charge in [0.25, 0.3) is 5.56 Å². The second-order valence-electron chi connectivity index (χ2n) is 9.99. The number of rotatable bonds is 9. The molecule has 3 aromatic heterocycles. The first kappa shape index (κ1) is 28.0. The first-order chi connectivity index (χ1) is 20.9. The Bertz CT molecular complexity index is 2010. The maximum absolute atomic E-state index is 13.9. The van der Waals surface area contributed by atoms with Gasteiger partial charge in [0.05, 0.1) is 43.4 Å². The van der Waals surface area contributed by atoms with Crippen molar-refractivity contribution in [1.29, 1.82) is 0 Å². The number of thiazole rings is 1. The number of aryl methyl sites for hydroxylation is 1. The van der Waals surface area contributed by atoms with Gasteiger partial charge < -0.3 is 28.9 Å². The molecule has 10 heteroatoms. The second-order valence-corrected chi connectivity index (χ2v) is 10.8. The molecular weight excluding hydrogens is 566 g/mol. The van der Waals surface area contributed by atoms with Crippen molar-refractivity contribution in [3.63, 3.8) is 0 Å². The van der Waals surface area contributed by atoms with E-state index in [2.05, 4.69) is 9.97 Å². The van der Waals surface area contributed by atoms with Crippen molar-refractivity contribution < 1.29 is 24.1 Å². The largest absolute Gasteiger partial charge is 0.505 e. The highest BCUT2D eigenvalue weighted by molar-refractivity contribution is 7.16. The Kier molecular flexibility index (Phi) is 7.60. The maximum Gasteiger partial charge on any atom is 0.338 e. The molecule has 0 amide bonds. The lowest BCUT2D eigenvalue weighted by atomic mass is 9.85. The first-order valence-corrected chi connectivity index (χ1v) is 14.5. The summed E-state index contributed by atoms with van der Waals surface area (Å²) in [4.78, 5) is 35.3. The van der Waals surface area contributed by atoms with Crippen LogP contribution >= 0.6 is 11.3 Å². The van der Waals surface area contributed by atoms with Crippen LogP contribution in [0.3, 0.4) is 0 Å². The molecule has 0 aliphatic rings. The molecule has 3 heterocycles. The number of ether oxygens (including phenoxy) is 3. The number of methoxy groups -OCH3 is 2. The number of fused-ring (bicyclic) bond motifs is 2. The average molecular weight is 596 g/mol. The summed E-state index contributed by atoms with van der Waals surface area (Å²) in [5.74, 6) is -0.338. The van der Waals surface area contributed by atoms with E-state index in [1.165, 1.54) is 30.1 Å². The molecule has 0 fully saturated rings. The number of H-pyrrole nitrogens is 1. The van der Waals surface area contributed by atoms with Crippen molar-refractivity contribution >= 4 is 38.6 Å². The van der Waals surface area contributed by atoms with Crippen LogP contribution in [0.2, 0.25) is 0 Å². The number of nitrogens with one attached hydrogen (secondary N) is 1. The molecule has 2 N–H and O–H groups in total. The van der Waals surface area contributed by atoms with Gasteiger partial charge in [0.15, 0.2) is 17.2 Å². The van der Waals surface area contributed by atoms with E-state index in [1.807, 2.05) is 54.6 Å². The number of pyridine rings is 1. The normalized spacial score (nSPS) is 12.0. The lowest BCUT2D eigenvalue weighted by Gasteiger charge is -2.21. The van der Waals surface area contributed by atoms with Crippen molar-refractivity contribution in [2.75, 3.05) is 20.8 Å². The highest BCUT2D eigenvalue weighted by atomic mass is 32.1. The molecule has 0 radical (unpaired) electrons. The predicted molar refractivity (Wildman–Crippen MR) is 166 cm³/mol. The number of carbonyl (C=O) groups excluding carboxylic acids is 1. The first-order valence-electron chi connectivity index (χ1n) is 13.6. The molecule has 0 spiro atoms. The molecule has 0 saturated heterocycles. The van der Waals surface area contributed by atoms with Gasteiger partial charge in [-0.25, -0.2) is 9.78 Å². The minimum Gasteiger partial charge on any atom is -0.505 e. The molecule has 218 valence electrons. The van der Waals surface area contributed by atoms with Gasteiger partial charge in [0.2, 0.25) is 0 Å². The Morgan fingerprint density at radius 3 is 2.53 bits per heavy atom. The van der Waals surface area contributed by atoms with Crippen LogP contribution in [-0.4, -0.2) is 46.4 Å². The van der Waals surface area contributed by atoms with Crippen LogP contribution in [0.5, 0.6) is 17.2 Å². The molecule has 6 rings (SSSR count). The molecular formula is C33H29N3O6S. The van der Waals surface area contributed by atoms with E-state index in [1.54, 1.807) is 30.8 Å². The van der Waals surface area contributed by atoms with E-state index in [9.17, 15) is 14.7 Å². The zero-order valence-corrected chi connectivity index (χ0v) is 24.6. The maximum atomic E-state index is 13.9. The molecule has 1 unspecified atom stereocenters. The monoisotopic (exact) mass is 595 g/mol. The Balaban J connectivity index is 1.43.